The molecule has 3 aromatic carbocycles. The molecule has 5 heteroatoms. The highest BCUT2D eigenvalue weighted by atomic mass is 16.2. The number of aryl methyl sites for hydroxylation is 3. The van der Waals surface area contributed by atoms with E-state index in [0.717, 1.165) is 16.8 Å². The Morgan fingerprint density at radius 1 is 0.935 bits per heavy atom. The Morgan fingerprint density at radius 3 is 2.23 bits per heavy atom. The summed E-state index contributed by atoms with van der Waals surface area (Å²) in [5.74, 6) is 0.535. The van der Waals surface area contributed by atoms with E-state index in [4.69, 9.17) is 0 Å². The van der Waals surface area contributed by atoms with E-state index < -0.39 is 0 Å². The maximum Gasteiger partial charge on any atom is 0.265 e. The molecule has 0 bridgehead atoms. The zero-order valence-electron chi connectivity index (χ0n) is 18.2. The summed E-state index contributed by atoms with van der Waals surface area (Å²) in [6, 6.07) is 20.6. The third kappa shape index (κ3) is 3.87. The van der Waals surface area contributed by atoms with E-state index >= 15 is 0 Å². The summed E-state index contributed by atoms with van der Waals surface area (Å²) >= 11 is 0. The van der Waals surface area contributed by atoms with Crippen LogP contribution in [-0.2, 0) is 0 Å². The van der Waals surface area contributed by atoms with Crippen LogP contribution in [0.15, 0.2) is 71.5 Å². The Balaban J connectivity index is 1.70. The quantitative estimate of drug-likeness (QED) is 0.476. The molecule has 31 heavy (non-hydrogen) atoms. The van der Waals surface area contributed by atoms with Crippen LogP contribution in [0.4, 0.5) is 5.69 Å². The van der Waals surface area contributed by atoms with E-state index in [9.17, 15) is 9.59 Å². The van der Waals surface area contributed by atoms with E-state index in [-0.39, 0.29) is 11.5 Å². The first-order valence-corrected chi connectivity index (χ1v) is 10.4. The molecule has 0 aliphatic carbocycles. The largest absolute Gasteiger partial charge is 0.309 e. The van der Waals surface area contributed by atoms with Gasteiger partial charge in [-0.25, -0.2) is 4.98 Å². The zero-order chi connectivity index (χ0) is 22.1. The Morgan fingerprint density at radius 2 is 1.58 bits per heavy atom. The minimum Gasteiger partial charge on any atom is -0.309 e. The number of benzene rings is 3. The van der Waals surface area contributed by atoms with Gasteiger partial charge in [0.05, 0.1) is 16.6 Å². The van der Waals surface area contributed by atoms with Crippen LogP contribution in [-0.4, -0.2) is 22.0 Å². The molecule has 4 aromatic rings. The van der Waals surface area contributed by atoms with E-state index in [1.54, 1.807) is 39.8 Å². The number of carbonyl (C=O) groups excluding carboxylic acids is 1. The SMILES string of the molecule is CCN(C(=O)c1ccc(-n2c(C)nc3ccccc3c2=O)cc1)c1cc(C)cc(C)c1. The van der Waals surface area contributed by atoms with Gasteiger partial charge in [0.1, 0.15) is 5.82 Å². The number of anilines is 1. The fourth-order valence-corrected chi connectivity index (χ4v) is 4.01. The highest BCUT2D eigenvalue weighted by Crippen LogP contribution is 2.22. The van der Waals surface area contributed by atoms with Crippen LogP contribution in [0.25, 0.3) is 16.6 Å². The molecule has 0 fully saturated rings. The van der Waals surface area contributed by atoms with Crippen molar-refractivity contribution in [2.45, 2.75) is 27.7 Å². The molecule has 0 aliphatic heterocycles. The molecule has 0 atom stereocenters. The smallest absolute Gasteiger partial charge is 0.265 e. The predicted octanol–water partition coefficient (Wildman–Crippen LogP) is 4.98. The van der Waals surface area contributed by atoms with Crippen molar-refractivity contribution in [1.29, 1.82) is 0 Å². The number of hydrogen-bond acceptors (Lipinski definition) is 3. The van der Waals surface area contributed by atoms with Gasteiger partial charge in [0.2, 0.25) is 0 Å². The summed E-state index contributed by atoms with van der Waals surface area (Å²) in [5.41, 5.74) is 4.95. The first-order valence-electron chi connectivity index (χ1n) is 10.4. The molecule has 0 spiro atoms. The molecule has 0 saturated heterocycles. The molecule has 0 aliphatic rings. The number of fused-ring (bicyclic) bond motifs is 1. The molecule has 156 valence electrons. The molecule has 0 N–H and O–H groups in total. The lowest BCUT2D eigenvalue weighted by Crippen LogP contribution is -2.30. The monoisotopic (exact) mass is 411 g/mol. The van der Waals surface area contributed by atoms with Crippen molar-refractivity contribution in [2.24, 2.45) is 0 Å². The molecule has 1 aromatic heterocycles. The summed E-state index contributed by atoms with van der Waals surface area (Å²) in [6.45, 7) is 8.40. The Kier molecular flexibility index (Phi) is 5.42. The number of nitrogens with zero attached hydrogens (tertiary/aromatic N) is 3. The number of amides is 1. The average molecular weight is 412 g/mol. The van der Waals surface area contributed by atoms with Gasteiger partial charge in [-0.15, -0.1) is 0 Å². The predicted molar refractivity (Wildman–Crippen MR) is 125 cm³/mol. The number of para-hydroxylation sites is 1. The van der Waals surface area contributed by atoms with E-state index in [0.29, 0.717) is 34.5 Å². The van der Waals surface area contributed by atoms with Crippen molar-refractivity contribution >= 4 is 22.5 Å². The molecule has 1 heterocycles. The normalized spacial score (nSPS) is 11.0. The van der Waals surface area contributed by atoms with E-state index in [2.05, 4.69) is 11.1 Å². The highest BCUT2D eigenvalue weighted by Gasteiger charge is 2.17. The maximum atomic E-state index is 13.2. The van der Waals surface area contributed by atoms with Crippen LogP contribution >= 0.6 is 0 Å². The van der Waals surface area contributed by atoms with Crippen molar-refractivity contribution in [3.8, 4) is 5.69 Å². The zero-order valence-corrected chi connectivity index (χ0v) is 18.2. The van der Waals surface area contributed by atoms with Gasteiger partial charge in [0.25, 0.3) is 11.5 Å². The maximum absolute atomic E-state index is 13.2. The Bertz CT molecular complexity index is 1320. The first kappa shape index (κ1) is 20.5. The third-order valence-corrected chi connectivity index (χ3v) is 5.40. The van der Waals surface area contributed by atoms with Gasteiger partial charge >= 0.3 is 0 Å². The molecule has 1 amide bonds. The minimum atomic E-state index is -0.118. The van der Waals surface area contributed by atoms with Gasteiger partial charge in [-0.3, -0.25) is 14.2 Å². The van der Waals surface area contributed by atoms with Crippen LogP contribution in [0.5, 0.6) is 0 Å². The lowest BCUT2D eigenvalue weighted by molar-refractivity contribution is 0.0988. The molecule has 0 saturated carbocycles. The second kappa shape index (κ2) is 8.19. The Hall–Kier alpha value is -3.73. The average Bonchev–Trinajstić information content (AvgIpc) is 2.74. The third-order valence-electron chi connectivity index (χ3n) is 5.40. The number of hydrogen-bond donors (Lipinski definition) is 0. The van der Waals surface area contributed by atoms with Crippen molar-refractivity contribution in [2.75, 3.05) is 11.4 Å². The topological polar surface area (TPSA) is 55.2 Å². The summed E-state index contributed by atoms with van der Waals surface area (Å²) in [6.07, 6.45) is 0. The molecule has 0 unspecified atom stereocenters. The first-order chi connectivity index (χ1) is 14.9. The van der Waals surface area contributed by atoms with Crippen molar-refractivity contribution in [3.63, 3.8) is 0 Å². The molecular weight excluding hydrogens is 386 g/mol. The second-order valence-corrected chi connectivity index (χ2v) is 7.76. The number of aromatic nitrogens is 2. The van der Waals surface area contributed by atoms with Crippen LogP contribution < -0.4 is 10.5 Å². The molecular formula is C26H25N3O2. The molecule has 5 nitrogen and oxygen atoms in total. The fraction of sp³-hybridized carbons (Fsp3) is 0.192. The van der Waals surface area contributed by atoms with Crippen LogP contribution in [0.3, 0.4) is 0 Å². The van der Waals surface area contributed by atoms with E-state index in [1.165, 1.54) is 0 Å². The summed E-state index contributed by atoms with van der Waals surface area (Å²) in [7, 11) is 0. The van der Waals surface area contributed by atoms with Gasteiger partial charge in [0, 0.05) is 17.8 Å². The van der Waals surface area contributed by atoms with Gasteiger partial charge in [-0.05, 0) is 87.4 Å². The van der Waals surface area contributed by atoms with Crippen LogP contribution in [0.1, 0.15) is 34.2 Å². The lowest BCUT2D eigenvalue weighted by atomic mass is 10.1. The van der Waals surface area contributed by atoms with E-state index in [1.807, 2.05) is 58.0 Å². The van der Waals surface area contributed by atoms with Crippen molar-refractivity contribution in [1.82, 2.24) is 9.55 Å². The van der Waals surface area contributed by atoms with Crippen LogP contribution in [0, 0.1) is 20.8 Å². The number of rotatable bonds is 4. The minimum absolute atomic E-state index is 0.0697. The molecule has 4 rings (SSSR count). The van der Waals surface area contributed by atoms with Gasteiger partial charge < -0.3 is 4.90 Å². The fourth-order valence-electron chi connectivity index (χ4n) is 4.01. The second-order valence-electron chi connectivity index (χ2n) is 7.76. The van der Waals surface area contributed by atoms with Crippen molar-refractivity contribution < 1.29 is 4.79 Å². The van der Waals surface area contributed by atoms with Gasteiger partial charge in [0.15, 0.2) is 0 Å². The number of carbonyl (C=O) groups is 1. The summed E-state index contributed by atoms with van der Waals surface area (Å²) in [4.78, 5) is 32.5. The van der Waals surface area contributed by atoms with Crippen molar-refractivity contribution in [3.05, 3.63) is 99.6 Å². The lowest BCUT2D eigenvalue weighted by Gasteiger charge is -2.22. The summed E-state index contributed by atoms with van der Waals surface area (Å²) < 4.78 is 1.58. The highest BCUT2D eigenvalue weighted by molar-refractivity contribution is 6.06. The van der Waals surface area contributed by atoms with Gasteiger partial charge in [-0.2, -0.15) is 0 Å². The molecule has 0 radical (unpaired) electrons. The van der Waals surface area contributed by atoms with Crippen LogP contribution in [0.2, 0.25) is 0 Å². The Labute approximate surface area is 181 Å². The standard InChI is InChI=1S/C26H25N3O2/c1-5-28(22-15-17(2)14-18(3)16-22)25(30)20-10-12-21(13-11-20)29-19(4)27-24-9-7-6-8-23(24)26(29)31/h6-16H,5H2,1-4H3. The van der Waals surface area contributed by atoms with Gasteiger partial charge in [-0.1, -0.05) is 18.2 Å². The summed E-state index contributed by atoms with van der Waals surface area (Å²) in [5, 5.41) is 0.570.